The Morgan fingerprint density at radius 3 is 2.55 bits per heavy atom. The third-order valence-corrected chi connectivity index (χ3v) is 7.45. The fourth-order valence-corrected chi connectivity index (χ4v) is 5.56. The van der Waals surface area contributed by atoms with E-state index in [4.69, 9.17) is 0 Å². The monoisotopic (exact) mass is 436 g/mol. The Labute approximate surface area is 179 Å². The summed E-state index contributed by atoms with van der Waals surface area (Å²) in [7, 11) is -3.90. The van der Waals surface area contributed by atoms with Gasteiger partial charge in [0, 0.05) is 36.2 Å². The SMILES string of the molecule is Cc1nccn1Cc1ccc(NC(=O)c2ccc3c(c2)S(=O)(=O)N(C2CC2)C3=O)cc1. The number of imidazole rings is 1. The van der Waals surface area contributed by atoms with Gasteiger partial charge in [0.2, 0.25) is 0 Å². The third kappa shape index (κ3) is 3.40. The van der Waals surface area contributed by atoms with Gasteiger partial charge < -0.3 is 9.88 Å². The van der Waals surface area contributed by atoms with Crippen molar-refractivity contribution >= 4 is 27.5 Å². The van der Waals surface area contributed by atoms with Crippen LogP contribution in [0.2, 0.25) is 0 Å². The standard InChI is InChI=1S/C22H20N4O4S/c1-14-23-10-11-25(14)13-15-2-5-17(6-3-15)24-21(27)16-4-9-19-20(12-16)31(29,30)26(22(19)28)18-7-8-18/h2-6,9-12,18H,7-8,13H2,1H3,(H,24,27). The number of aryl methyl sites for hydroxylation is 1. The molecule has 1 aliphatic carbocycles. The maximum atomic E-state index is 12.8. The number of carbonyl (C=O) groups is 2. The minimum Gasteiger partial charge on any atom is -0.331 e. The Morgan fingerprint density at radius 1 is 1.16 bits per heavy atom. The topological polar surface area (TPSA) is 101 Å². The fraction of sp³-hybridized carbons (Fsp3) is 0.227. The molecule has 0 spiro atoms. The quantitative estimate of drug-likeness (QED) is 0.663. The molecule has 1 fully saturated rings. The van der Waals surface area contributed by atoms with Crippen LogP contribution in [-0.2, 0) is 16.6 Å². The molecule has 158 valence electrons. The predicted molar refractivity (Wildman–Crippen MR) is 113 cm³/mol. The number of anilines is 1. The zero-order valence-corrected chi connectivity index (χ0v) is 17.6. The van der Waals surface area contributed by atoms with Gasteiger partial charge in [-0.2, -0.15) is 0 Å². The van der Waals surface area contributed by atoms with Gasteiger partial charge in [-0.05, 0) is 55.7 Å². The first-order valence-electron chi connectivity index (χ1n) is 9.95. The summed E-state index contributed by atoms with van der Waals surface area (Å²) in [5, 5.41) is 2.78. The van der Waals surface area contributed by atoms with Crippen molar-refractivity contribution in [3.05, 3.63) is 77.4 Å². The zero-order valence-electron chi connectivity index (χ0n) is 16.8. The largest absolute Gasteiger partial charge is 0.331 e. The molecule has 3 aromatic rings. The van der Waals surface area contributed by atoms with Crippen LogP contribution in [-0.4, -0.2) is 40.1 Å². The first-order valence-corrected chi connectivity index (χ1v) is 11.4. The average Bonchev–Trinajstić information content (AvgIpc) is 3.46. The molecule has 1 saturated carbocycles. The Bertz CT molecular complexity index is 1310. The van der Waals surface area contributed by atoms with E-state index in [0.29, 0.717) is 25.1 Å². The molecular formula is C22H20N4O4S. The van der Waals surface area contributed by atoms with Gasteiger partial charge in [0.25, 0.3) is 21.8 Å². The van der Waals surface area contributed by atoms with E-state index in [0.717, 1.165) is 15.7 Å². The molecular weight excluding hydrogens is 416 g/mol. The van der Waals surface area contributed by atoms with Crippen LogP contribution < -0.4 is 5.32 Å². The summed E-state index contributed by atoms with van der Waals surface area (Å²) in [6.07, 6.45) is 5.02. The number of nitrogens with zero attached hydrogens (tertiary/aromatic N) is 3. The molecule has 1 aliphatic heterocycles. The molecule has 0 saturated heterocycles. The normalized spacial score (nSPS) is 16.9. The number of rotatable bonds is 5. The van der Waals surface area contributed by atoms with Crippen molar-refractivity contribution in [1.82, 2.24) is 13.9 Å². The number of sulfonamides is 1. The van der Waals surface area contributed by atoms with Crippen molar-refractivity contribution in [2.75, 3.05) is 5.32 Å². The fourth-order valence-electron chi connectivity index (χ4n) is 3.72. The highest BCUT2D eigenvalue weighted by molar-refractivity contribution is 7.90. The second kappa shape index (κ2) is 7.05. The summed E-state index contributed by atoms with van der Waals surface area (Å²) in [6.45, 7) is 2.61. The molecule has 2 heterocycles. The number of aromatic nitrogens is 2. The van der Waals surface area contributed by atoms with Crippen LogP contribution in [0.1, 0.15) is 44.9 Å². The minimum atomic E-state index is -3.90. The molecule has 0 unspecified atom stereocenters. The van der Waals surface area contributed by atoms with Gasteiger partial charge >= 0.3 is 0 Å². The summed E-state index contributed by atoms with van der Waals surface area (Å²) in [6, 6.07) is 11.3. The van der Waals surface area contributed by atoms with Gasteiger partial charge in [0.05, 0.1) is 5.56 Å². The van der Waals surface area contributed by atoms with Gasteiger partial charge in [-0.15, -0.1) is 0 Å². The number of nitrogens with one attached hydrogen (secondary N) is 1. The lowest BCUT2D eigenvalue weighted by Gasteiger charge is -2.13. The lowest BCUT2D eigenvalue weighted by atomic mass is 10.1. The van der Waals surface area contributed by atoms with Crippen molar-refractivity contribution < 1.29 is 18.0 Å². The van der Waals surface area contributed by atoms with E-state index in [9.17, 15) is 18.0 Å². The van der Waals surface area contributed by atoms with Gasteiger partial charge in [-0.3, -0.25) is 9.59 Å². The summed E-state index contributed by atoms with van der Waals surface area (Å²) in [5.74, 6) is -0.0237. The van der Waals surface area contributed by atoms with Gasteiger partial charge in [-0.1, -0.05) is 12.1 Å². The molecule has 0 atom stereocenters. The lowest BCUT2D eigenvalue weighted by molar-refractivity contribution is 0.0864. The van der Waals surface area contributed by atoms with Crippen molar-refractivity contribution in [3.63, 3.8) is 0 Å². The van der Waals surface area contributed by atoms with E-state index in [1.54, 1.807) is 18.3 Å². The Balaban J connectivity index is 1.33. The molecule has 5 rings (SSSR count). The number of benzene rings is 2. The molecule has 0 radical (unpaired) electrons. The molecule has 1 aromatic heterocycles. The summed E-state index contributed by atoms with van der Waals surface area (Å²) in [5.41, 5.74) is 1.96. The average molecular weight is 436 g/mol. The van der Waals surface area contributed by atoms with E-state index >= 15 is 0 Å². The van der Waals surface area contributed by atoms with Gasteiger partial charge in [-0.25, -0.2) is 17.7 Å². The van der Waals surface area contributed by atoms with Crippen molar-refractivity contribution in [2.24, 2.45) is 0 Å². The second-order valence-corrected chi connectivity index (χ2v) is 9.58. The molecule has 8 nitrogen and oxygen atoms in total. The maximum Gasteiger partial charge on any atom is 0.269 e. The number of fused-ring (bicyclic) bond motifs is 1. The van der Waals surface area contributed by atoms with Crippen LogP contribution >= 0.6 is 0 Å². The first-order chi connectivity index (χ1) is 14.8. The van der Waals surface area contributed by atoms with Gasteiger partial charge in [0.15, 0.2) is 0 Å². The molecule has 2 aromatic carbocycles. The lowest BCUT2D eigenvalue weighted by Crippen LogP contribution is -2.31. The highest BCUT2D eigenvalue weighted by atomic mass is 32.2. The van der Waals surface area contributed by atoms with Crippen molar-refractivity contribution in [3.8, 4) is 0 Å². The molecule has 0 bridgehead atoms. The van der Waals surface area contributed by atoms with E-state index in [1.807, 2.05) is 29.8 Å². The number of hydrogen-bond donors (Lipinski definition) is 1. The molecule has 2 aliphatic rings. The van der Waals surface area contributed by atoms with Crippen LogP contribution in [0.15, 0.2) is 59.8 Å². The summed E-state index contributed by atoms with van der Waals surface area (Å²) >= 11 is 0. The molecule has 2 amide bonds. The molecule has 31 heavy (non-hydrogen) atoms. The first kappa shape index (κ1) is 19.5. The van der Waals surface area contributed by atoms with Crippen LogP contribution in [0.3, 0.4) is 0 Å². The summed E-state index contributed by atoms with van der Waals surface area (Å²) < 4.78 is 28.5. The number of hydrogen-bond acceptors (Lipinski definition) is 5. The Kier molecular flexibility index (Phi) is 4.44. The highest BCUT2D eigenvalue weighted by Gasteiger charge is 2.48. The van der Waals surface area contributed by atoms with E-state index in [2.05, 4.69) is 10.3 Å². The van der Waals surface area contributed by atoms with Crippen LogP contribution in [0, 0.1) is 6.92 Å². The predicted octanol–water partition coefficient (Wildman–Crippen LogP) is 2.80. The highest BCUT2D eigenvalue weighted by Crippen LogP contribution is 2.39. The molecule has 1 N–H and O–H groups in total. The maximum absolute atomic E-state index is 12.8. The Morgan fingerprint density at radius 2 is 1.90 bits per heavy atom. The van der Waals surface area contributed by atoms with Crippen molar-refractivity contribution in [2.45, 2.75) is 37.2 Å². The second-order valence-electron chi connectivity index (χ2n) is 7.80. The van der Waals surface area contributed by atoms with Crippen LogP contribution in [0.4, 0.5) is 5.69 Å². The number of carbonyl (C=O) groups excluding carboxylic acids is 2. The number of amides is 2. The van der Waals surface area contributed by atoms with E-state index in [1.165, 1.54) is 18.2 Å². The molecule has 9 heteroatoms. The van der Waals surface area contributed by atoms with Gasteiger partial charge in [0.1, 0.15) is 10.7 Å². The van der Waals surface area contributed by atoms with E-state index in [-0.39, 0.29) is 22.1 Å². The summed E-state index contributed by atoms with van der Waals surface area (Å²) in [4.78, 5) is 29.3. The minimum absolute atomic E-state index is 0.0944. The van der Waals surface area contributed by atoms with Crippen LogP contribution in [0.25, 0.3) is 0 Å². The smallest absolute Gasteiger partial charge is 0.269 e. The third-order valence-electron chi connectivity index (χ3n) is 5.58. The van der Waals surface area contributed by atoms with Crippen LogP contribution in [0.5, 0.6) is 0 Å². The van der Waals surface area contributed by atoms with E-state index < -0.39 is 21.8 Å². The zero-order chi connectivity index (χ0) is 21.8. The van der Waals surface area contributed by atoms with Crippen molar-refractivity contribution in [1.29, 1.82) is 0 Å². The Hall–Kier alpha value is -3.46.